The third-order valence-corrected chi connectivity index (χ3v) is 3.07. The number of hydrogen-bond acceptors (Lipinski definition) is 1. The van der Waals surface area contributed by atoms with Crippen LogP contribution in [-0.2, 0) is 6.54 Å². The Bertz CT molecular complexity index is 359. The van der Waals surface area contributed by atoms with E-state index in [1.807, 2.05) is 24.3 Å². The summed E-state index contributed by atoms with van der Waals surface area (Å²) in [5.74, 6) is 0. The predicted molar refractivity (Wildman–Crippen MR) is 62.3 cm³/mol. The second-order valence-corrected chi connectivity index (χ2v) is 4.74. The van der Waals surface area contributed by atoms with Gasteiger partial charge in [0.05, 0.1) is 0 Å². The lowest BCUT2D eigenvalue weighted by Gasteiger charge is -2.19. The third-order valence-electron chi connectivity index (χ3n) is 2.54. The van der Waals surface area contributed by atoms with E-state index in [1.165, 1.54) is 0 Å². The van der Waals surface area contributed by atoms with Gasteiger partial charge in [-0.15, -0.1) is 0 Å². The van der Waals surface area contributed by atoms with Crippen molar-refractivity contribution in [3.8, 4) is 0 Å². The quantitative estimate of drug-likeness (QED) is 0.900. The van der Waals surface area contributed by atoms with E-state index in [2.05, 4.69) is 15.9 Å². The maximum atomic E-state index is 11.2. The fourth-order valence-electron chi connectivity index (χ4n) is 1.56. The zero-order chi connectivity index (χ0) is 10.8. The molecule has 0 heterocycles. The van der Waals surface area contributed by atoms with Crippen LogP contribution in [-0.4, -0.2) is 17.0 Å². The lowest BCUT2D eigenvalue weighted by Crippen LogP contribution is -2.36. The molecule has 2 amide bonds. The summed E-state index contributed by atoms with van der Waals surface area (Å²) >= 11 is 3.38. The number of carbonyl (C=O) groups excluding carboxylic acids is 1. The number of urea groups is 1. The molecule has 0 bridgehead atoms. The van der Waals surface area contributed by atoms with E-state index in [0.29, 0.717) is 12.6 Å². The Morgan fingerprint density at radius 1 is 1.40 bits per heavy atom. The number of amides is 2. The van der Waals surface area contributed by atoms with Gasteiger partial charge in [0.25, 0.3) is 0 Å². The smallest absolute Gasteiger partial charge is 0.315 e. The molecule has 2 N–H and O–H groups in total. The summed E-state index contributed by atoms with van der Waals surface area (Å²) in [5.41, 5.74) is 6.45. The number of halogens is 1. The van der Waals surface area contributed by atoms with E-state index >= 15 is 0 Å². The first-order valence-electron chi connectivity index (χ1n) is 4.97. The monoisotopic (exact) mass is 268 g/mol. The van der Waals surface area contributed by atoms with Gasteiger partial charge in [0, 0.05) is 17.1 Å². The molecule has 2 rings (SSSR count). The van der Waals surface area contributed by atoms with Gasteiger partial charge in [-0.1, -0.05) is 28.1 Å². The highest BCUT2D eigenvalue weighted by Gasteiger charge is 2.31. The van der Waals surface area contributed by atoms with E-state index in [1.54, 1.807) is 4.90 Å². The Kier molecular flexibility index (Phi) is 2.95. The topological polar surface area (TPSA) is 46.3 Å². The average Bonchev–Trinajstić information content (AvgIpc) is 3.00. The molecule has 0 unspecified atom stereocenters. The standard InChI is InChI=1S/C11H13BrN2O/c12-9-3-1-8(2-4-9)7-14(11(13)15)10-5-6-10/h1-4,10H,5-7H2,(H2,13,15). The van der Waals surface area contributed by atoms with Crippen LogP contribution in [0.25, 0.3) is 0 Å². The fourth-order valence-corrected chi connectivity index (χ4v) is 1.82. The zero-order valence-electron chi connectivity index (χ0n) is 8.32. The molecule has 1 aliphatic carbocycles. The van der Waals surface area contributed by atoms with Crippen molar-refractivity contribution < 1.29 is 4.79 Å². The molecule has 1 saturated carbocycles. The molecular weight excluding hydrogens is 256 g/mol. The molecule has 1 aliphatic rings. The molecule has 15 heavy (non-hydrogen) atoms. The van der Waals surface area contributed by atoms with Crippen LogP contribution in [0.2, 0.25) is 0 Å². The normalized spacial score (nSPS) is 15.0. The molecule has 0 saturated heterocycles. The summed E-state index contributed by atoms with van der Waals surface area (Å²) in [6, 6.07) is 8.00. The summed E-state index contributed by atoms with van der Waals surface area (Å²) in [7, 11) is 0. The largest absolute Gasteiger partial charge is 0.351 e. The minimum Gasteiger partial charge on any atom is -0.351 e. The van der Waals surface area contributed by atoms with Crippen molar-refractivity contribution in [3.05, 3.63) is 34.3 Å². The Balaban J connectivity index is 2.05. The van der Waals surface area contributed by atoms with Crippen LogP contribution < -0.4 is 5.73 Å². The lowest BCUT2D eigenvalue weighted by atomic mass is 10.2. The van der Waals surface area contributed by atoms with Crippen molar-refractivity contribution in [3.63, 3.8) is 0 Å². The molecule has 1 fully saturated rings. The minimum atomic E-state index is -0.319. The molecular formula is C11H13BrN2O. The van der Waals surface area contributed by atoms with Crippen molar-refractivity contribution in [2.24, 2.45) is 5.73 Å². The summed E-state index contributed by atoms with van der Waals surface area (Å²) in [6.45, 7) is 0.618. The molecule has 0 spiro atoms. The lowest BCUT2D eigenvalue weighted by molar-refractivity contribution is 0.202. The molecule has 1 aromatic carbocycles. The highest BCUT2D eigenvalue weighted by molar-refractivity contribution is 9.10. The van der Waals surface area contributed by atoms with Crippen LogP contribution in [0.4, 0.5) is 4.79 Å². The number of hydrogen-bond donors (Lipinski definition) is 1. The van der Waals surface area contributed by atoms with Crippen molar-refractivity contribution in [2.75, 3.05) is 0 Å². The van der Waals surface area contributed by atoms with Gasteiger partial charge in [-0.3, -0.25) is 0 Å². The molecule has 4 heteroatoms. The van der Waals surface area contributed by atoms with Gasteiger partial charge in [-0.05, 0) is 30.5 Å². The van der Waals surface area contributed by atoms with Gasteiger partial charge >= 0.3 is 6.03 Å². The maximum Gasteiger partial charge on any atom is 0.315 e. The number of carbonyl (C=O) groups is 1. The number of primary amides is 1. The highest BCUT2D eigenvalue weighted by Crippen LogP contribution is 2.28. The van der Waals surface area contributed by atoms with E-state index in [0.717, 1.165) is 22.9 Å². The highest BCUT2D eigenvalue weighted by atomic mass is 79.9. The molecule has 3 nitrogen and oxygen atoms in total. The van der Waals surface area contributed by atoms with Gasteiger partial charge in [0.15, 0.2) is 0 Å². The summed E-state index contributed by atoms with van der Waals surface area (Å²) in [5, 5.41) is 0. The summed E-state index contributed by atoms with van der Waals surface area (Å²) in [6.07, 6.45) is 2.17. The first-order chi connectivity index (χ1) is 7.16. The van der Waals surface area contributed by atoms with Crippen LogP contribution in [0.5, 0.6) is 0 Å². The fraction of sp³-hybridized carbons (Fsp3) is 0.364. The second-order valence-electron chi connectivity index (χ2n) is 3.82. The number of nitrogens with zero attached hydrogens (tertiary/aromatic N) is 1. The average molecular weight is 269 g/mol. The molecule has 0 radical (unpaired) electrons. The first kappa shape index (κ1) is 10.5. The Hall–Kier alpha value is -1.03. The summed E-state index contributed by atoms with van der Waals surface area (Å²) in [4.78, 5) is 12.9. The van der Waals surface area contributed by atoms with Crippen molar-refractivity contribution in [2.45, 2.75) is 25.4 Å². The third kappa shape index (κ3) is 2.72. The Morgan fingerprint density at radius 3 is 2.47 bits per heavy atom. The number of nitrogens with two attached hydrogens (primary N) is 1. The zero-order valence-corrected chi connectivity index (χ0v) is 9.90. The van der Waals surface area contributed by atoms with Crippen molar-refractivity contribution in [1.29, 1.82) is 0 Å². The molecule has 1 aromatic rings. The number of rotatable bonds is 3. The maximum absolute atomic E-state index is 11.2. The van der Waals surface area contributed by atoms with Crippen molar-refractivity contribution >= 4 is 22.0 Å². The van der Waals surface area contributed by atoms with Crippen LogP contribution in [0.15, 0.2) is 28.7 Å². The van der Waals surface area contributed by atoms with Crippen molar-refractivity contribution in [1.82, 2.24) is 4.90 Å². The first-order valence-corrected chi connectivity index (χ1v) is 5.76. The van der Waals surface area contributed by atoms with E-state index in [9.17, 15) is 4.79 Å². The van der Waals surface area contributed by atoms with Crippen LogP contribution in [0.1, 0.15) is 18.4 Å². The SMILES string of the molecule is NC(=O)N(Cc1ccc(Br)cc1)C1CC1. The molecule has 80 valence electrons. The van der Waals surface area contributed by atoms with E-state index in [4.69, 9.17) is 5.73 Å². The van der Waals surface area contributed by atoms with E-state index < -0.39 is 0 Å². The van der Waals surface area contributed by atoms with Gasteiger partial charge in [-0.2, -0.15) is 0 Å². The van der Waals surface area contributed by atoms with Gasteiger partial charge < -0.3 is 10.6 Å². The Labute approximate surface area is 97.4 Å². The number of benzene rings is 1. The van der Waals surface area contributed by atoms with Gasteiger partial charge in [0.1, 0.15) is 0 Å². The molecule has 0 aliphatic heterocycles. The van der Waals surface area contributed by atoms with Crippen LogP contribution in [0.3, 0.4) is 0 Å². The Morgan fingerprint density at radius 2 is 2.00 bits per heavy atom. The second kappa shape index (κ2) is 4.23. The predicted octanol–water partition coefficient (Wildman–Crippen LogP) is 2.49. The molecule has 0 atom stereocenters. The molecule has 0 aromatic heterocycles. The van der Waals surface area contributed by atoms with Crippen LogP contribution >= 0.6 is 15.9 Å². The minimum absolute atomic E-state index is 0.319. The van der Waals surface area contributed by atoms with Gasteiger partial charge in [-0.25, -0.2) is 4.79 Å². The van der Waals surface area contributed by atoms with E-state index in [-0.39, 0.29) is 6.03 Å². The van der Waals surface area contributed by atoms with Crippen LogP contribution in [0, 0.1) is 0 Å². The summed E-state index contributed by atoms with van der Waals surface area (Å²) < 4.78 is 1.04. The van der Waals surface area contributed by atoms with Gasteiger partial charge in [0.2, 0.25) is 0 Å².